The standard InChI is InChI=1S/C9H16N4S2/c14-8-7-9(15)11-13(10-8)12-5-3-1-2-4-6-12/h7,10,14H,1-6H2,(H,11,15). The van der Waals surface area contributed by atoms with Crippen molar-refractivity contribution in [1.29, 1.82) is 0 Å². The maximum Gasteiger partial charge on any atom is 0.118 e. The topological polar surface area (TPSA) is 30.5 Å². The fraction of sp³-hybridized carbons (Fsp3) is 0.667. The van der Waals surface area contributed by atoms with Crippen LogP contribution in [-0.2, 0) is 0 Å². The van der Waals surface area contributed by atoms with Gasteiger partial charge in [-0.3, -0.25) is 10.9 Å². The average molecular weight is 244 g/mol. The maximum absolute atomic E-state index is 5.12. The van der Waals surface area contributed by atoms with Gasteiger partial charge in [0.15, 0.2) is 0 Å². The van der Waals surface area contributed by atoms with E-state index in [0.29, 0.717) is 4.99 Å². The molecule has 0 saturated carbocycles. The first kappa shape index (κ1) is 11.2. The SMILES string of the molecule is S=C1C=C(S)NN(N2CCCCCC2)N1. The molecular weight excluding hydrogens is 228 g/mol. The molecule has 0 aliphatic carbocycles. The van der Waals surface area contributed by atoms with Crippen molar-refractivity contribution in [2.45, 2.75) is 25.7 Å². The first-order valence-corrected chi connectivity index (χ1v) is 6.14. The predicted octanol–water partition coefficient (Wildman–Crippen LogP) is 1.20. The van der Waals surface area contributed by atoms with E-state index in [1.807, 2.05) is 5.23 Å². The lowest BCUT2D eigenvalue weighted by atomic mass is 10.2. The van der Waals surface area contributed by atoms with Gasteiger partial charge in [-0.05, 0) is 12.8 Å². The van der Waals surface area contributed by atoms with Gasteiger partial charge in [-0.15, -0.1) is 12.6 Å². The minimum Gasteiger partial charge on any atom is -0.281 e. The van der Waals surface area contributed by atoms with Gasteiger partial charge >= 0.3 is 0 Å². The van der Waals surface area contributed by atoms with E-state index in [2.05, 4.69) is 28.5 Å². The number of thiocarbonyl (C=S) groups is 1. The van der Waals surface area contributed by atoms with E-state index in [4.69, 9.17) is 12.2 Å². The van der Waals surface area contributed by atoms with Gasteiger partial charge in [-0.25, -0.2) is 5.01 Å². The highest BCUT2D eigenvalue weighted by atomic mass is 32.1. The molecule has 0 unspecified atom stereocenters. The third kappa shape index (κ3) is 3.07. The molecule has 2 heterocycles. The summed E-state index contributed by atoms with van der Waals surface area (Å²) in [6.45, 7) is 2.12. The second-order valence-electron chi connectivity index (χ2n) is 3.80. The van der Waals surface area contributed by atoms with Gasteiger partial charge in [-0.1, -0.05) is 30.3 Å². The highest BCUT2D eigenvalue weighted by Gasteiger charge is 2.20. The third-order valence-corrected chi connectivity index (χ3v) is 3.01. The van der Waals surface area contributed by atoms with Crippen LogP contribution in [-0.4, -0.2) is 28.3 Å². The Balaban J connectivity index is 1.97. The van der Waals surface area contributed by atoms with Gasteiger partial charge in [0.05, 0.1) is 5.03 Å². The molecule has 2 N–H and O–H groups in total. The zero-order chi connectivity index (χ0) is 10.7. The van der Waals surface area contributed by atoms with Crippen molar-refractivity contribution < 1.29 is 0 Å². The van der Waals surface area contributed by atoms with Crippen LogP contribution in [0.15, 0.2) is 11.1 Å². The number of nitrogens with zero attached hydrogens (tertiary/aromatic N) is 2. The number of hydrogen-bond donors (Lipinski definition) is 3. The molecule has 2 aliphatic heterocycles. The molecule has 0 aromatic rings. The van der Waals surface area contributed by atoms with Crippen LogP contribution in [0.5, 0.6) is 0 Å². The highest BCUT2D eigenvalue weighted by Crippen LogP contribution is 2.12. The van der Waals surface area contributed by atoms with Crippen molar-refractivity contribution in [3.05, 3.63) is 11.1 Å². The first-order valence-electron chi connectivity index (χ1n) is 5.28. The Morgan fingerprint density at radius 3 is 2.40 bits per heavy atom. The Hall–Kier alpha value is -0.300. The number of nitrogens with one attached hydrogen (secondary N) is 2. The summed E-state index contributed by atoms with van der Waals surface area (Å²) in [7, 11) is 0. The molecule has 0 amide bonds. The largest absolute Gasteiger partial charge is 0.281 e. The zero-order valence-corrected chi connectivity index (χ0v) is 10.3. The van der Waals surface area contributed by atoms with E-state index < -0.39 is 0 Å². The van der Waals surface area contributed by atoms with Crippen LogP contribution in [0.25, 0.3) is 0 Å². The summed E-state index contributed by atoms with van der Waals surface area (Å²) in [5.41, 5.74) is 6.23. The minimum absolute atomic E-state index is 0.697. The fourth-order valence-electron chi connectivity index (χ4n) is 1.82. The number of rotatable bonds is 1. The van der Waals surface area contributed by atoms with Crippen LogP contribution >= 0.6 is 24.8 Å². The molecule has 0 aromatic carbocycles. The van der Waals surface area contributed by atoms with E-state index >= 15 is 0 Å². The molecule has 0 spiro atoms. The molecule has 0 bridgehead atoms. The lowest BCUT2D eigenvalue weighted by Crippen LogP contribution is -2.60. The lowest BCUT2D eigenvalue weighted by Gasteiger charge is -2.36. The number of thiol groups is 1. The van der Waals surface area contributed by atoms with Crippen molar-refractivity contribution in [3.63, 3.8) is 0 Å². The van der Waals surface area contributed by atoms with Crippen LogP contribution in [0.4, 0.5) is 0 Å². The molecule has 2 rings (SSSR count). The summed E-state index contributed by atoms with van der Waals surface area (Å²) in [4.78, 5) is 0.697. The molecule has 1 fully saturated rings. The zero-order valence-electron chi connectivity index (χ0n) is 8.57. The van der Waals surface area contributed by atoms with Crippen LogP contribution < -0.4 is 10.9 Å². The molecule has 4 nitrogen and oxygen atoms in total. The average Bonchev–Trinajstić information content (AvgIpc) is 2.43. The maximum atomic E-state index is 5.12. The van der Waals surface area contributed by atoms with E-state index in [0.717, 1.165) is 18.1 Å². The summed E-state index contributed by atoms with van der Waals surface area (Å²) < 4.78 is 0. The summed E-state index contributed by atoms with van der Waals surface area (Å²) in [6, 6.07) is 0. The minimum atomic E-state index is 0.697. The van der Waals surface area contributed by atoms with Crippen LogP contribution in [0.3, 0.4) is 0 Å². The number of hydrogen-bond acceptors (Lipinski definition) is 5. The Labute approximate surface area is 101 Å². The Bertz CT molecular complexity index is 271. The molecular formula is C9H16N4S2. The molecule has 6 heteroatoms. The Kier molecular flexibility index (Phi) is 3.85. The van der Waals surface area contributed by atoms with E-state index in [1.165, 1.54) is 25.7 Å². The summed E-state index contributed by atoms with van der Waals surface area (Å²) in [5.74, 6) is 0. The Morgan fingerprint density at radius 1 is 1.13 bits per heavy atom. The van der Waals surface area contributed by atoms with Crippen molar-refractivity contribution >= 4 is 29.8 Å². The second kappa shape index (κ2) is 5.16. The fourth-order valence-corrected chi connectivity index (χ4v) is 2.34. The quantitative estimate of drug-likeness (QED) is 0.477. The van der Waals surface area contributed by atoms with Crippen molar-refractivity contribution in [2.75, 3.05) is 13.1 Å². The van der Waals surface area contributed by atoms with Crippen LogP contribution in [0, 0.1) is 0 Å². The summed E-state index contributed by atoms with van der Waals surface area (Å²) in [5, 5.41) is 4.88. The molecule has 15 heavy (non-hydrogen) atoms. The van der Waals surface area contributed by atoms with Gasteiger partial charge in [0.25, 0.3) is 0 Å². The molecule has 84 valence electrons. The molecule has 2 aliphatic rings. The van der Waals surface area contributed by atoms with Crippen molar-refractivity contribution in [3.8, 4) is 0 Å². The Morgan fingerprint density at radius 2 is 1.80 bits per heavy atom. The number of hydrazine groups is 3. The highest BCUT2D eigenvalue weighted by molar-refractivity contribution is 7.84. The first-order chi connectivity index (χ1) is 7.25. The predicted molar refractivity (Wildman–Crippen MR) is 67.8 cm³/mol. The molecule has 0 radical (unpaired) electrons. The van der Waals surface area contributed by atoms with Crippen molar-refractivity contribution in [2.24, 2.45) is 0 Å². The lowest BCUT2D eigenvalue weighted by molar-refractivity contribution is -0.0828. The van der Waals surface area contributed by atoms with E-state index in [9.17, 15) is 0 Å². The molecule has 0 aromatic heterocycles. The van der Waals surface area contributed by atoms with Gasteiger partial charge in [0, 0.05) is 19.2 Å². The molecule has 1 saturated heterocycles. The normalized spacial score (nSPS) is 25.1. The summed E-state index contributed by atoms with van der Waals surface area (Å²) >= 11 is 9.40. The van der Waals surface area contributed by atoms with E-state index in [-0.39, 0.29) is 0 Å². The van der Waals surface area contributed by atoms with E-state index in [1.54, 1.807) is 6.08 Å². The summed E-state index contributed by atoms with van der Waals surface area (Å²) in [6.07, 6.45) is 6.90. The monoisotopic (exact) mass is 244 g/mol. The van der Waals surface area contributed by atoms with Gasteiger partial charge in [0.2, 0.25) is 0 Å². The molecule has 0 atom stereocenters. The van der Waals surface area contributed by atoms with Gasteiger partial charge < -0.3 is 0 Å². The van der Waals surface area contributed by atoms with Crippen LogP contribution in [0.2, 0.25) is 0 Å². The van der Waals surface area contributed by atoms with Crippen LogP contribution in [0.1, 0.15) is 25.7 Å². The van der Waals surface area contributed by atoms with Gasteiger partial charge in [0.1, 0.15) is 4.99 Å². The van der Waals surface area contributed by atoms with Gasteiger partial charge in [-0.2, -0.15) is 0 Å². The second-order valence-corrected chi connectivity index (χ2v) is 4.72. The third-order valence-electron chi connectivity index (χ3n) is 2.57. The smallest absolute Gasteiger partial charge is 0.118 e. The van der Waals surface area contributed by atoms with Crippen molar-refractivity contribution in [1.82, 2.24) is 21.1 Å².